The highest BCUT2D eigenvalue weighted by Crippen LogP contribution is 2.37. The van der Waals surface area contributed by atoms with Gasteiger partial charge in [-0.3, -0.25) is 4.79 Å². The molecular weight excluding hydrogens is 234 g/mol. The average Bonchev–Trinajstić information content (AvgIpc) is 2.49. The van der Waals surface area contributed by atoms with Crippen LogP contribution in [0.4, 0.5) is 0 Å². The molecule has 0 bridgehead atoms. The summed E-state index contributed by atoms with van der Waals surface area (Å²) in [6, 6.07) is 20.8. The topological polar surface area (TPSA) is 29.1 Å². The lowest BCUT2D eigenvalue weighted by Crippen LogP contribution is -2.38. The van der Waals surface area contributed by atoms with E-state index in [2.05, 4.69) is 41.7 Å². The van der Waals surface area contributed by atoms with E-state index in [0.717, 1.165) is 6.54 Å². The molecular formula is C17H17NO. The summed E-state index contributed by atoms with van der Waals surface area (Å²) in [6.45, 7) is 0.725. The molecule has 0 saturated carbocycles. The molecule has 96 valence electrons. The predicted molar refractivity (Wildman–Crippen MR) is 76.0 cm³/mol. The molecule has 1 aliphatic heterocycles. The fraction of sp³-hybridized carbons (Fsp3) is 0.235. The molecule has 3 rings (SSSR count). The first kappa shape index (κ1) is 12.0. The van der Waals surface area contributed by atoms with Gasteiger partial charge in [-0.2, -0.15) is 0 Å². The third-order valence-corrected chi connectivity index (χ3v) is 3.87. The van der Waals surface area contributed by atoms with Gasteiger partial charge in [0.2, 0.25) is 5.91 Å². The summed E-state index contributed by atoms with van der Waals surface area (Å²) in [7, 11) is 0. The summed E-state index contributed by atoms with van der Waals surface area (Å²) < 4.78 is 0. The molecule has 1 N–H and O–H groups in total. The Hall–Kier alpha value is -2.09. The molecule has 0 aromatic heterocycles. The molecule has 1 heterocycles. The van der Waals surface area contributed by atoms with Crippen LogP contribution in [0.3, 0.4) is 0 Å². The van der Waals surface area contributed by atoms with Crippen LogP contribution in [0.2, 0.25) is 0 Å². The highest BCUT2D eigenvalue weighted by atomic mass is 16.1. The van der Waals surface area contributed by atoms with E-state index in [4.69, 9.17) is 0 Å². The molecule has 2 nitrogen and oxygen atoms in total. The van der Waals surface area contributed by atoms with E-state index >= 15 is 0 Å². The van der Waals surface area contributed by atoms with Crippen LogP contribution in [0.25, 0.3) is 0 Å². The van der Waals surface area contributed by atoms with Gasteiger partial charge >= 0.3 is 0 Å². The van der Waals surface area contributed by atoms with E-state index < -0.39 is 0 Å². The van der Waals surface area contributed by atoms with Crippen LogP contribution in [-0.4, -0.2) is 12.5 Å². The number of nitrogens with one attached hydrogen (secondary N) is 1. The smallest absolute Gasteiger partial charge is 0.220 e. The number of carbonyl (C=O) groups is 1. The molecule has 1 fully saturated rings. The summed E-state index contributed by atoms with van der Waals surface area (Å²) in [5.74, 6) is 0.791. The number of carbonyl (C=O) groups excluding carboxylic acids is 1. The number of benzene rings is 2. The first-order valence-electron chi connectivity index (χ1n) is 6.71. The maximum absolute atomic E-state index is 11.7. The molecule has 0 radical (unpaired) electrons. The Bertz CT molecular complexity index is 550. The van der Waals surface area contributed by atoms with E-state index in [1.807, 2.05) is 24.3 Å². The normalized spacial score (nSPS) is 22.8. The van der Waals surface area contributed by atoms with Crippen molar-refractivity contribution >= 4 is 5.91 Å². The zero-order valence-corrected chi connectivity index (χ0v) is 10.8. The molecule has 2 heteroatoms. The zero-order chi connectivity index (χ0) is 13.1. The van der Waals surface area contributed by atoms with Gasteiger partial charge in [-0.15, -0.1) is 0 Å². The molecule has 0 aliphatic carbocycles. The highest BCUT2D eigenvalue weighted by Gasteiger charge is 2.31. The molecule has 2 unspecified atom stereocenters. The van der Waals surface area contributed by atoms with Crippen molar-refractivity contribution in [1.82, 2.24) is 5.32 Å². The van der Waals surface area contributed by atoms with E-state index in [9.17, 15) is 4.79 Å². The second kappa shape index (κ2) is 5.27. The van der Waals surface area contributed by atoms with E-state index in [1.165, 1.54) is 11.1 Å². The molecule has 2 aromatic rings. The molecule has 2 atom stereocenters. The van der Waals surface area contributed by atoms with Crippen molar-refractivity contribution in [1.29, 1.82) is 0 Å². The van der Waals surface area contributed by atoms with Crippen molar-refractivity contribution in [3.63, 3.8) is 0 Å². The Morgan fingerprint density at radius 2 is 1.32 bits per heavy atom. The van der Waals surface area contributed by atoms with E-state index in [0.29, 0.717) is 12.3 Å². The van der Waals surface area contributed by atoms with Gasteiger partial charge in [-0.25, -0.2) is 0 Å². The van der Waals surface area contributed by atoms with Crippen molar-refractivity contribution < 1.29 is 4.79 Å². The van der Waals surface area contributed by atoms with Gasteiger partial charge in [-0.1, -0.05) is 60.7 Å². The number of hydrogen-bond donors (Lipinski definition) is 1. The third kappa shape index (κ3) is 2.53. The maximum Gasteiger partial charge on any atom is 0.220 e. The van der Waals surface area contributed by atoms with Gasteiger partial charge in [-0.05, 0) is 11.1 Å². The fourth-order valence-electron chi connectivity index (χ4n) is 2.88. The Kier molecular flexibility index (Phi) is 3.32. The minimum atomic E-state index is 0.154. The van der Waals surface area contributed by atoms with Crippen LogP contribution >= 0.6 is 0 Å². The monoisotopic (exact) mass is 251 g/mol. The quantitative estimate of drug-likeness (QED) is 0.873. The van der Waals surface area contributed by atoms with Crippen LogP contribution in [0.15, 0.2) is 60.7 Å². The van der Waals surface area contributed by atoms with Crippen molar-refractivity contribution in [3.8, 4) is 0 Å². The second-order valence-electron chi connectivity index (χ2n) is 5.04. The van der Waals surface area contributed by atoms with Gasteiger partial charge in [0.1, 0.15) is 0 Å². The van der Waals surface area contributed by atoms with Gasteiger partial charge in [0.05, 0.1) is 0 Å². The molecule has 0 spiro atoms. The lowest BCUT2D eigenvalue weighted by atomic mass is 9.77. The van der Waals surface area contributed by atoms with Crippen LogP contribution in [0.5, 0.6) is 0 Å². The number of piperidine rings is 1. The average molecular weight is 251 g/mol. The molecule has 1 saturated heterocycles. The van der Waals surface area contributed by atoms with E-state index in [-0.39, 0.29) is 11.8 Å². The van der Waals surface area contributed by atoms with Crippen molar-refractivity contribution in [2.75, 3.05) is 6.54 Å². The largest absolute Gasteiger partial charge is 0.355 e. The number of rotatable bonds is 2. The maximum atomic E-state index is 11.7. The standard InChI is InChI=1S/C17H17NO/c19-17-11-15(13-7-3-1-4-8-13)16(12-18-17)14-9-5-2-6-10-14/h1-10,15-16H,11-12H2,(H,18,19). The van der Waals surface area contributed by atoms with Crippen molar-refractivity contribution in [3.05, 3.63) is 71.8 Å². The molecule has 2 aromatic carbocycles. The van der Waals surface area contributed by atoms with Crippen LogP contribution < -0.4 is 5.32 Å². The zero-order valence-electron chi connectivity index (χ0n) is 10.8. The third-order valence-electron chi connectivity index (χ3n) is 3.87. The Labute approximate surface area is 113 Å². The second-order valence-corrected chi connectivity index (χ2v) is 5.04. The van der Waals surface area contributed by atoms with Crippen LogP contribution in [0.1, 0.15) is 29.4 Å². The Balaban J connectivity index is 1.95. The van der Waals surface area contributed by atoms with Gasteiger partial charge in [0.15, 0.2) is 0 Å². The Morgan fingerprint density at radius 3 is 1.89 bits per heavy atom. The molecule has 1 aliphatic rings. The Morgan fingerprint density at radius 1 is 0.789 bits per heavy atom. The lowest BCUT2D eigenvalue weighted by Gasteiger charge is -2.32. The fourth-order valence-corrected chi connectivity index (χ4v) is 2.88. The summed E-state index contributed by atoms with van der Waals surface area (Å²) >= 11 is 0. The summed E-state index contributed by atoms with van der Waals surface area (Å²) in [6.07, 6.45) is 0.573. The summed E-state index contributed by atoms with van der Waals surface area (Å²) in [4.78, 5) is 11.7. The van der Waals surface area contributed by atoms with Gasteiger partial charge < -0.3 is 5.32 Å². The van der Waals surface area contributed by atoms with Crippen LogP contribution in [-0.2, 0) is 4.79 Å². The summed E-state index contributed by atoms with van der Waals surface area (Å²) in [5, 5.41) is 2.99. The first-order chi connectivity index (χ1) is 9.34. The molecule has 1 amide bonds. The minimum Gasteiger partial charge on any atom is -0.355 e. The molecule has 19 heavy (non-hydrogen) atoms. The number of hydrogen-bond acceptors (Lipinski definition) is 1. The predicted octanol–water partition coefficient (Wildman–Crippen LogP) is 3.07. The van der Waals surface area contributed by atoms with Gasteiger partial charge in [0, 0.05) is 24.8 Å². The lowest BCUT2D eigenvalue weighted by molar-refractivity contribution is -0.122. The van der Waals surface area contributed by atoms with Crippen molar-refractivity contribution in [2.24, 2.45) is 0 Å². The van der Waals surface area contributed by atoms with Crippen LogP contribution in [0, 0.1) is 0 Å². The number of amides is 1. The SMILES string of the molecule is O=C1CC(c2ccccc2)C(c2ccccc2)CN1. The minimum absolute atomic E-state index is 0.154. The first-order valence-corrected chi connectivity index (χ1v) is 6.71. The van der Waals surface area contributed by atoms with Crippen molar-refractivity contribution in [2.45, 2.75) is 18.3 Å². The summed E-state index contributed by atoms with van der Waals surface area (Å²) in [5.41, 5.74) is 2.56. The van der Waals surface area contributed by atoms with E-state index in [1.54, 1.807) is 0 Å². The highest BCUT2D eigenvalue weighted by molar-refractivity contribution is 5.78. The van der Waals surface area contributed by atoms with Gasteiger partial charge in [0.25, 0.3) is 0 Å².